The number of nitriles is 1. The SMILES string of the molecule is CCNCc1cccc(OC)c1OC(C#N)CC. The first-order valence-electron chi connectivity index (χ1n) is 6.19. The summed E-state index contributed by atoms with van der Waals surface area (Å²) in [5.74, 6) is 1.33. The van der Waals surface area contributed by atoms with E-state index >= 15 is 0 Å². The third-order valence-corrected chi connectivity index (χ3v) is 2.62. The normalized spacial score (nSPS) is 11.7. The van der Waals surface area contributed by atoms with Crippen LogP contribution in [-0.2, 0) is 6.54 Å². The van der Waals surface area contributed by atoms with Gasteiger partial charge in [0.1, 0.15) is 6.07 Å². The summed E-state index contributed by atoms with van der Waals surface area (Å²) in [7, 11) is 1.60. The van der Waals surface area contributed by atoms with Gasteiger partial charge in [0.15, 0.2) is 17.6 Å². The quantitative estimate of drug-likeness (QED) is 0.805. The van der Waals surface area contributed by atoms with E-state index in [9.17, 15) is 0 Å². The molecule has 18 heavy (non-hydrogen) atoms. The van der Waals surface area contributed by atoms with Crippen molar-refractivity contribution in [1.29, 1.82) is 5.26 Å². The van der Waals surface area contributed by atoms with Crippen molar-refractivity contribution in [3.05, 3.63) is 23.8 Å². The predicted molar refractivity (Wildman–Crippen MR) is 70.7 cm³/mol. The number of benzene rings is 1. The minimum Gasteiger partial charge on any atom is -0.493 e. The molecule has 4 nitrogen and oxygen atoms in total. The molecular weight excluding hydrogens is 228 g/mol. The predicted octanol–water partition coefficient (Wildman–Crippen LogP) is 2.49. The molecule has 1 rings (SSSR count). The summed E-state index contributed by atoms with van der Waals surface area (Å²) in [5.41, 5.74) is 1.00. The van der Waals surface area contributed by atoms with Gasteiger partial charge >= 0.3 is 0 Å². The molecule has 0 aromatic heterocycles. The Kier molecular flexibility index (Phi) is 6.03. The van der Waals surface area contributed by atoms with E-state index in [1.54, 1.807) is 7.11 Å². The van der Waals surface area contributed by atoms with Gasteiger partial charge in [-0.25, -0.2) is 0 Å². The molecule has 1 N–H and O–H groups in total. The molecule has 1 aromatic rings. The van der Waals surface area contributed by atoms with Gasteiger partial charge in [0, 0.05) is 12.1 Å². The second-order valence-corrected chi connectivity index (χ2v) is 3.87. The summed E-state index contributed by atoms with van der Waals surface area (Å²) in [5, 5.41) is 12.2. The summed E-state index contributed by atoms with van der Waals surface area (Å²) in [6.07, 6.45) is 0.205. The molecule has 0 aliphatic heterocycles. The van der Waals surface area contributed by atoms with Crippen molar-refractivity contribution >= 4 is 0 Å². The average molecular weight is 248 g/mol. The minimum absolute atomic E-state index is 0.443. The van der Waals surface area contributed by atoms with Gasteiger partial charge in [0.05, 0.1) is 7.11 Å². The van der Waals surface area contributed by atoms with Crippen molar-refractivity contribution in [2.75, 3.05) is 13.7 Å². The molecule has 0 spiro atoms. The Balaban J connectivity index is 2.99. The van der Waals surface area contributed by atoms with Crippen molar-refractivity contribution in [3.63, 3.8) is 0 Å². The number of hydrogen-bond donors (Lipinski definition) is 1. The maximum absolute atomic E-state index is 8.99. The van der Waals surface area contributed by atoms with Crippen LogP contribution in [0.4, 0.5) is 0 Å². The van der Waals surface area contributed by atoms with E-state index in [1.807, 2.05) is 32.0 Å². The molecule has 1 atom stereocenters. The average Bonchev–Trinajstić information content (AvgIpc) is 2.42. The third-order valence-electron chi connectivity index (χ3n) is 2.62. The molecule has 0 aliphatic carbocycles. The van der Waals surface area contributed by atoms with Crippen LogP contribution in [-0.4, -0.2) is 19.8 Å². The zero-order valence-corrected chi connectivity index (χ0v) is 11.2. The summed E-state index contributed by atoms with van der Waals surface area (Å²) < 4.78 is 11.0. The van der Waals surface area contributed by atoms with E-state index in [-0.39, 0.29) is 0 Å². The van der Waals surface area contributed by atoms with Crippen LogP contribution in [0.5, 0.6) is 11.5 Å². The Morgan fingerprint density at radius 3 is 2.72 bits per heavy atom. The fourth-order valence-electron chi connectivity index (χ4n) is 1.60. The van der Waals surface area contributed by atoms with Gasteiger partial charge < -0.3 is 14.8 Å². The summed E-state index contributed by atoms with van der Waals surface area (Å²) >= 11 is 0. The summed E-state index contributed by atoms with van der Waals surface area (Å²) in [6.45, 7) is 5.55. The summed E-state index contributed by atoms with van der Waals surface area (Å²) in [6, 6.07) is 7.88. The fourth-order valence-corrected chi connectivity index (χ4v) is 1.60. The molecule has 0 fully saturated rings. The minimum atomic E-state index is -0.443. The number of para-hydroxylation sites is 1. The van der Waals surface area contributed by atoms with Gasteiger partial charge in [0.25, 0.3) is 0 Å². The number of nitrogens with zero attached hydrogens (tertiary/aromatic N) is 1. The maximum atomic E-state index is 8.99. The zero-order valence-electron chi connectivity index (χ0n) is 11.2. The molecule has 98 valence electrons. The highest BCUT2D eigenvalue weighted by atomic mass is 16.5. The van der Waals surface area contributed by atoms with Crippen molar-refractivity contribution in [2.45, 2.75) is 32.9 Å². The molecule has 0 bridgehead atoms. The monoisotopic (exact) mass is 248 g/mol. The Labute approximate surface area is 109 Å². The van der Waals surface area contributed by atoms with Gasteiger partial charge in [-0.15, -0.1) is 0 Å². The van der Waals surface area contributed by atoms with E-state index in [4.69, 9.17) is 14.7 Å². The Bertz CT molecular complexity index is 413. The highest BCUT2D eigenvalue weighted by Crippen LogP contribution is 2.32. The Hall–Kier alpha value is -1.73. The largest absolute Gasteiger partial charge is 0.493 e. The molecule has 0 saturated heterocycles. The first-order valence-corrected chi connectivity index (χ1v) is 6.19. The lowest BCUT2D eigenvalue weighted by Gasteiger charge is -2.17. The topological polar surface area (TPSA) is 54.3 Å². The fraction of sp³-hybridized carbons (Fsp3) is 0.500. The maximum Gasteiger partial charge on any atom is 0.184 e. The zero-order chi connectivity index (χ0) is 13.4. The van der Waals surface area contributed by atoms with Crippen LogP contribution in [0.2, 0.25) is 0 Å². The second kappa shape index (κ2) is 7.57. The van der Waals surface area contributed by atoms with Crippen LogP contribution in [0, 0.1) is 11.3 Å². The van der Waals surface area contributed by atoms with E-state index in [1.165, 1.54) is 0 Å². The van der Waals surface area contributed by atoms with E-state index < -0.39 is 6.10 Å². The lowest BCUT2D eigenvalue weighted by atomic mass is 10.1. The van der Waals surface area contributed by atoms with Crippen LogP contribution < -0.4 is 14.8 Å². The highest BCUT2D eigenvalue weighted by molar-refractivity contribution is 5.47. The van der Waals surface area contributed by atoms with Crippen LogP contribution in [0.15, 0.2) is 18.2 Å². The number of nitrogens with one attached hydrogen (secondary N) is 1. The summed E-state index contributed by atoms with van der Waals surface area (Å²) in [4.78, 5) is 0. The molecule has 0 saturated carbocycles. The smallest absolute Gasteiger partial charge is 0.184 e. The van der Waals surface area contributed by atoms with Gasteiger partial charge in [-0.3, -0.25) is 0 Å². The van der Waals surface area contributed by atoms with E-state index in [2.05, 4.69) is 11.4 Å². The van der Waals surface area contributed by atoms with Crippen molar-refractivity contribution < 1.29 is 9.47 Å². The van der Waals surface area contributed by atoms with Gasteiger partial charge in [-0.2, -0.15) is 5.26 Å². The highest BCUT2D eigenvalue weighted by Gasteiger charge is 2.14. The van der Waals surface area contributed by atoms with Crippen molar-refractivity contribution in [3.8, 4) is 17.6 Å². The first-order chi connectivity index (χ1) is 8.76. The molecule has 0 amide bonds. The molecule has 0 radical (unpaired) electrons. The van der Waals surface area contributed by atoms with E-state index in [0.717, 1.165) is 12.1 Å². The van der Waals surface area contributed by atoms with Gasteiger partial charge in [-0.1, -0.05) is 26.0 Å². The molecule has 1 unspecified atom stereocenters. The molecule has 0 heterocycles. The van der Waals surface area contributed by atoms with Crippen LogP contribution in [0.1, 0.15) is 25.8 Å². The Morgan fingerprint density at radius 2 is 2.17 bits per heavy atom. The Morgan fingerprint density at radius 1 is 1.39 bits per heavy atom. The second-order valence-electron chi connectivity index (χ2n) is 3.87. The standard InChI is InChI=1S/C14H20N2O2/c1-4-12(9-15)18-14-11(10-16-5-2)7-6-8-13(14)17-3/h6-8,12,16H,4-5,10H2,1-3H3. The number of methoxy groups -OCH3 is 1. The van der Waals surface area contributed by atoms with Crippen LogP contribution >= 0.6 is 0 Å². The van der Waals surface area contributed by atoms with Crippen LogP contribution in [0.3, 0.4) is 0 Å². The van der Waals surface area contributed by atoms with Gasteiger partial charge in [-0.05, 0) is 19.0 Å². The van der Waals surface area contributed by atoms with Crippen molar-refractivity contribution in [2.24, 2.45) is 0 Å². The van der Waals surface area contributed by atoms with E-state index in [0.29, 0.717) is 24.5 Å². The number of hydrogen-bond acceptors (Lipinski definition) is 4. The lowest BCUT2D eigenvalue weighted by molar-refractivity contribution is 0.236. The lowest BCUT2D eigenvalue weighted by Crippen LogP contribution is -2.17. The van der Waals surface area contributed by atoms with Crippen molar-refractivity contribution in [1.82, 2.24) is 5.32 Å². The molecule has 4 heteroatoms. The number of ether oxygens (including phenoxy) is 2. The molecule has 1 aromatic carbocycles. The third kappa shape index (κ3) is 3.64. The molecule has 0 aliphatic rings. The molecular formula is C14H20N2O2. The number of rotatable bonds is 7. The van der Waals surface area contributed by atoms with Gasteiger partial charge in [0.2, 0.25) is 0 Å². The first kappa shape index (κ1) is 14.3. The van der Waals surface area contributed by atoms with Crippen LogP contribution in [0.25, 0.3) is 0 Å².